The lowest BCUT2D eigenvalue weighted by Gasteiger charge is -2.10. The summed E-state index contributed by atoms with van der Waals surface area (Å²) in [5.74, 6) is -0.505. The zero-order valence-electron chi connectivity index (χ0n) is 14.7. The summed E-state index contributed by atoms with van der Waals surface area (Å²) in [5, 5.41) is 10.1. The molecule has 0 spiro atoms. The van der Waals surface area contributed by atoms with Gasteiger partial charge in [-0.1, -0.05) is 12.1 Å². The molecule has 1 heterocycles. The van der Waals surface area contributed by atoms with Crippen LogP contribution in [-0.4, -0.2) is 22.6 Å². The predicted molar refractivity (Wildman–Crippen MR) is 98.9 cm³/mol. The molecular weight excluding hydrogens is 349 g/mol. The van der Waals surface area contributed by atoms with Crippen molar-refractivity contribution in [3.05, 3.63) is 93.7 Å². The first-order valence-corrected chi connectivity index (χ1v) is 8.34. The number of nitrogens with zero attached hydrogens (tertiary/aromatic N) is 1. The molecule has 0 amide bonds. The Morgan fingerprint density at radius 2 is 1.96 bits per heavy atom. The minimum Gasteiger partial charge on any atom is -0.507 e. The number of ketones is 1. The van der Waals surface area contributed by atoms with Crippen LogP contribution < -0.4 is 10.3 Å². The van der Waals surface area contributed by atoms with E-state index >= 15 is 0 Å². The lowest BCUT2D eigenvalue weighted by molar-refractivity contribution is 0.103. The highest BCUT2D eigenvalue weighted by Crippen LogP contribution is 2.25. The molecule has 138 valence electrons. The highest BCUT2D eigenvalue weighted by molar-refractivity contribution is 6.10. The van der Waals surface area contributed by atoms with E-state index in [0.29, 0.717) is 18.7 Å². The number of hydrogen-bond donors (Lipinski definition) is 1. The molecule has 27 heavy (non-hydrogen) atoms. The fourth-order valence-electron chi connectivity index (χ4n) is 2.77. The Hall–Kier alpha value is -3.41. The zero-order chi connectivity index (χ0) is 19.4. The number of ether oxygens (including phenoxy) is 1. The van der Waals surface area contributed by atoms with Crippen molar-refractivity contribution in [1.82, 2.24) is 4.57 Å². The summed E-state index contributed by atoms with van der Waals surface area (Å²) >= 11 is 0. The van der Waals surface area contributed by atoms with Crippen LogP contribution in [0.5, 0.6) is 11.5 Å². The number of halogens is 1. The van der Waals surface area contributed by atoms with Crippen LogP contribution >= 0.6 is 0 Å². The second kappa shape index (κ2) is 7.86. The second-order valence-electron chi connectivity index (χ2n) is 6.04. The number of rotatable bonds is 6. The molecule has 3 rings (SSSR count). The molecule has 0 unspecified atom stereocenters. The fourth-order valence-corrected chi connectivity index (χ4v) is 2.77. The van der Waals surface area contributed by atoms with Gasteiger partial charge in [0.15, 0.2) is 5.78 Å². The van der Waals surface area contributed by atoms with Gasteiger partial charge in [-0.25, -0.2) is 4.39 Å². The summed E-state index contributed by atoms with van der Waals surface area (Å²) in [5.41, 5.74) is 0.883. The molecule has 5 nitrogen and oxygen atoms in total. The molecule has 0 radical (unpaired) electrons. The van der Waals surface area contributed by atoms with E-state index in [2.05, 4.69) is 0 Å². The molecule has 0 aliphatic carbocycles. The van der Waals surface area contributed by atoms with Crippen molar-refractivity contribution in [2.24, 2.45) is 0 Å². The number of hydrogen-bond acceptors (Lipinski definition) is 4. The average Bonchev–Trinajstić information content (AvgIpc) is 2.66. The largest absolute Gasteiger partial charge is 0.507 e. The molecule has 0 aliphatic heterocycles. The number of pyridine rings is 1. The first kappa shape index (κ1) is 18.4. The van der Waals surface area contributed by atoms with Crippen LogP contribution in [0.1, 0.15) is 21.5 Å². The number of carbonyl (C=O) groups is 1. The third kappa shape index (κ3) is 4.23. The van der Waals surface area contributed by atoms with Crippen molar-refractivity contribution in [3.63, 3.8) is 0 Å². The lowest BCUT2D eigenvalue weighted by atomic mass is 10.0. The number of phenols is 1. The van der Waals surface area contributed by atoms with Gasteiger partial charge in [-0.15, -0.1) is 0 Å². The number of aromatic hydroxyl groups is 1. The minimum absolute atomic E-state index is 0.117. The van der Waals surface area contributed by atoms with Crippen LogP contribution in [0.4, 0.5) is 4.39 Å². The molecule has 0 saturated carbocycles. The van der Waals surface area contributed by atoms with Gasteiger partial charge < -0.3 is 14.4 Å². The van der Waals surface area contributed by atoms with E-state index in [-0.39, 0.29) is 28.3 Å². The van der Waals surface area contributed by atoms with Crippen LogP contribution in [0.3, 0.4) is 0 Å². The molecule has 3 aromatic rings. The van der Waals surface area contributed by atoms with Gasteiger partial charge in [0.2, 0.25) is 0 Å². The topological polar surface area (TPSA) is 68.5 Å². The summed E-state index contributed by atoms with van der Waals surface area (Å²) in [6.45, 7) is 0.304. The van der Waals surface area contributed by atoms with E-state index in [1.165, 1.54) is 54.3 Å². The quantitative estimate of drug-likeness (QED) is 0.680. The minimum atomic E-state index is -0.408. The summed E-state index contributed by atoms with van der Waals surface area (Å²) in [4.78, 5) is 24.8. The van der Waals surface area contributed by atoms with Gasteiger partial charge in [-0.3, -0.25) is 9.59 Å². The van der Waals surface area contributed by atoms with Crippen molar-refractivity contribution in [1.29, 1.82) is 0 Å². The Morgan fingerprint density at radius 1 is 1.15 bits per heavy atom. The fraction of sp³-hybridized carbons (Fsp3) is 0.143. The van der Waals surface area contributed by atoms with Gasteiger partial charge >= 0.3 is 0 Å². The molecule has 1 N–H and O–H groups in total. The maximum atomic E-state index is 13.3. The Morgan fingerprint density at radius 3 is 2.67 bits per heavy atom. The van der Waals surface area contributed by atoms with Crippen LogP contribution in [-0.2, 0) is 13.0 Å². The predicted octanol–water partition coefficient (Wildman–Crippen LogP) is 3.18. The van der Waals surface area contributed by atoms with E-state index in [1.807, 2.05) is 0 Å². The van der Waals surface area contributed by atoms with Crippen molar-refractivity contribution < 1.29 is 19.0 Å². The summed E-state index contributed by atoms with van der Waals surface area (Å²) < 4.78 is 19.7. The van der Waals surface area contributed by atoms with E-state index in [1.54, 1.807) is 18.2 Å². The third-order valence-corrected chi connectivity index (χ3v) is 4.23. The van der Waals surface area contributed by atoms with E-state index in [4.69, 9.17) is 4.74 Å². The summed E-state index contributed by atoms with van der Waals surface area (Å²) in [7, 11) is 1.46. The SMILES string of the molecule is COc1ccc(C(=O)c2ccc(=O)n(CCc3cccc(F)c3)c2)c(O)c1. The van der Waals surface area contributed by atoms with Crippen LogP contribution in [0.25, 0.3) is 0 Å². The van der Waals surface area contributed by atoms with Gasteiger partial charge in [-0.05, 0) is 42.3 Å². The lowest BCUT2D eigenvalue weighted by Crippen LogP contribution is -2.21. The highest BCUT2D eigenvalue weighted by Gasteiger charge is 2.15. The Kier molecular flexibility index (Phi) is 5.35. The van der Waals surface area contributed by atoms with Gasteiger partial charge in [0, 0.05) is 30.4 Å². The molecular formula is C21H18FNO4. The van der Waals surface area contributed by atoms with Crippen LogP contribution in [0.15, 0.2) is 65.6 Å². The summed E-state index contributed by atoms with van der Waals surface area (Å²) in [6, 6.07) is 13.3. The molecule has 0 saturated heterocycles. The number of aryl methyl sites for hydroxylation is 2. The smallest absolute Gasteiger partial charge is 0.250 e. The Labute approximate surface area is 155 Å². The second-order valence-corrected chi connectivity index (χ2v) is 6.04. The van der Waals surface area contributed by atoms with E-state index < -0.39 is 5.78 Å². The van der Waals surface area contributed by atoms with Crippen molar-refractivity contribution in [2.75, 3.05) is 7.11 Å². The molecule has 6 heteroatoms. The monoisotopic (exact) mass is 367 g/mol. The maximum Gasteiger partial charge on any atom is 0.250 e. The molecule has 0 atom stereocenters. The standard InChI is InChI=1S/C21H18FNO4/c1-27-17-6-7-18(19(24)12-17)21(26)15-5-8-20(25)23(13-15)10-9-14-3-2-4-16(22)11-14/h2-8,11-13,24H,9-10H2,1H3. The van der Waals surface area contributed by atoms with Gasteiger partial charge in [0.1, 0.15) is 17.3 Å². The molecule has 1 aromatic heterocycles. The number of carbonyl (C=O) groups excluding carboxylic acids is 1. The van der Waals surface area contributed by atoms with Gasteiger partial charge in [-0.2, -0.15) is 0 Å². The molecule has 0 bridgehead atoms. The number of aromatic nitrogens is 1. The van der Waals surface area contributed by atoms with Crippen molar-refractivity contribution >= 4 is 5.78 Å². The molecule has 0 fully saturated rings. The molecule has 2 aromatic carbocycles. The highest BCUT2D eigenvalue weighted by atomic mass is 19.1. The maximum absolute atomic E-state index is 13.3. The van der Waals surface area contributed by atoms with E-state index in [0.717, 1.165) is 5.56 Å². The number of phenolic OH excluding ortho intramolecular Hbond substituents is 1. The van der Waals surface area contributed by atoms with Crippen LogP contribution in [0.2, 0.25) is 0 Å². The first-order valence-electron chi connectivity index (χ1n) is 8.34. The Bertz CT molecular complexity index is 1040. The summed E-state index contributed by atoms with van der Waals surface area (Å²) in [6.07, 6.45) is 1.90. The average molecular weight is 367 g/mol. The van der Waals surface area contributed by atoms with Gasteiger partial charge in [0.25, 0.3) is 5.56 Å². The van der Waals surface area contributed by atoms with Crippen molar-refractivity contribution in [2.45, 2.75) is 13.0 Å². The van der Waals surface area contributed by atoms with E-state index in [9.17, 15) is 19.1 Å². The Balaban J connectivity index is 1.84. The third-order valence-electron chi connectivity index (χ3n) is 4.23. The van der Waals surface area contributed by atoms with Gasteiger partial charge in [0.05, 0.1) is 12.7 Å². The first-order chi connectivity index (χ1) is 13.0. The zero-order valence-corrected chi connectivity index (χ0v) is 14.7. The molecule has 0 aliphatic rings. The van der Waals surface area contributed by atoms with Crippen LogP contribution in [0, 0.1) is 5.82 Å². The van der Waals surface area contributed by atoms with Crippen molar-refractivity contribution in [3.8, 4) is 11.5 Å². The number of benzene rings is 2. The number of methoxy groups -OCH3 is 1. The normalized spacial score (nSPS) is 10.6.